The van der Waals surface area contributed by atoms with Crippen LogP contribution in [0.3, 0.4) is 0 Å². The first-order valence-corrected chi connectivity index (χ1v) is 7.24. The molecule has 18 heavy (non-hydrogen) atoms. The van der Waals surface area contributed by atoms with Crippen molar-refractivity contribution < 1.29 is 0 Å². The summed E-state index contributed by atoms with van der Waals surface area (Å²) >= 11 is 13.6. The lowest BCUT2D eigenvalue weighted by Gasteiger charge is -2.20. The quantitative estimate of drug-likeness (QED) is 0.927. The lowest BCUT2D eigenvalue weighted by Crippen LogP contribution is -2.23. The third kappa shape index (κ3) is 1.95. The number of hydrogen-bond acceptors (Lipinski definition) is 5. The van der Waals surface area contributed by atoms with Crippen LogP contribution in [0.25, 0.3) is 11.0 Å². The average Bonchev–Trinajstić information content (AvgIpc) is 2.97. The first-order valence-electron chi connectivity index (χ1n) is 5.76. The van der Waals surface area contributed by atoms with E-state index in [0.29, 0.717) is 22.5 Å². The van der Waals surface area contributed by atoms with Crippen molar-refractivity contribution in [1.82, 2.24) is 8.75 Å². The number of nitrogens with zero attached hydrogens (tertiary/aromatic N) is 3. The normalized spacial score (nSPS) is 19.9. The summed E-state index contributed by atoms with van der Waals surface area (Å²) in [6, 6.07) is 1.75. The number of benzene rings is 1. The van der Waals surface area contributed by atoms with Crippen molar-refractivity contribution >= 4 is 51.7 Å². The average molecular weight is 303 g/mol. The Morgan fingerprint density at radius 1 is 1.33 bits per heavy atom. The van der Waals surface area contributed by atoms with Gasteiger partial charge in [-0.25, -0.2) is 0 Å². The summed E-state index contributed by atoms with van der Waals surface area (Å²) in [5.41, 5.74) is 8.20. The van der Waals surface area contributed by atoms with Crippen molar-refractivity contribution in [1.29, 1.82) is 0 Å². The van der Waals surface area contributed by atoms with Crippen LogP contribution in [0.1, 0.15) is 6.42 Å². The SMILES string of the molecule is NCC1CCN(c2c(Cl)cc(Cl)c3nsnc23)C1. The molecular formula is C11H12Cl2N4S. The molecular weight excluding hydrogens is 291 g/mol. The summed E-state index contributed by atoms with van der Waals surface area (Å²) in [7, 11) is 0. The van der Waals surface area contributed by atoms with E-state index in [-0.39, 0.29) is 0 Å². The minimum absolute atomic E-state index is 0.526. The van der Waals surface area contributed by atoms with Gasteiger partial charge in [0.25, 0.3) is 0 Å². The molecule has 7 heteroatoms. The molecule has 1 aliphatic rings. The monoisotopic (exact) mass is 302 g/mol. The van der Waals surface area contributed by atoms with Gasteiger partial charge >= 0.3 is 0 Å². The number of fused-ring (bicyclic) bond motifs is 1. The first kappa shape index (κ1) is 12.4. The van der Waals surface area contributed by atoms with Crippen LogP contribution in [-0.2, 0) is 0 Å². The summed E-state index contributed by atoms with van der Waals surface area (Å²) in [5.74, 6) is 0.526. The predicted octanol–water partition coefficient (Wildman–Crippen LogP) is 2.78. The Balaban J connectivity index is 2.09. The fourth-order valence-corrected chi connectivity index (χ4v) is 3.62. The van der Waals surface area contributed by atoms with E-state index in [1.54, 1.807) is 6.07 Å². The molecule has 1 atom stereocenters. The van der Waals surface area contributed by atoms with E-state index in [4.69, 9.17) is 28.9 Å². The van der Waals surface area contributed by atoms with Gasteiger partial charge in [0.15, 0.2) is 0 Å². The lowest BCUT2D eigenvalue weighted by atomic mass is 10.1. The fraction of sp³-hybridized carbons (Fsp3) is 0.455. The number of rotatable bonds is 2. The molecule has 0 amide bonds. The number of aromatic nitrogens is 2. The van der Waals surface area contributed by atoms with Gasteiger partial charge in [0.1, 0.15) is 11.0 Å². The maximum atomic E-state index is 6.32. The molecule has 96 valence electrons. The standard InChI is InChI=1S/C11H12Cl2N4S/c12-7-3-8(13)11(10-9(7)15-18-16-10)17-2-1-6(4-14)5-17/h3,6H,1-2,4-5,14H2. The van der Waals surface area contributed by atoms with Crippen molar-refractivity contribution in [2.75, 3.05) is 24.5 Å². The zero-order chi connectivity index (χ0) is 12.7. The highest BCUT2D eigenvalue weighted by atomic mass is 35.5. The highest BCUT2D eigenvalue weighted by Gasteiger charge is 2.26. The second kappa shape index (κ2) is 4.81. The molecule has 0 radical (unpaired) electrons. The Morgan fingerprint density at radius 3 is 2.83 bits per heavy atom. The molecule has 4 nitrogen and oxygen atoms in total. The maximum absolute atomic E-state index is 6.32. The van der Waals surface area contributed by atoms with Crippen LogP contribution in [-0.4, -0.2) is 28.4 Å². The van der Waals surface area contributed by atoms with Gasteiger partial charge in [-0.3, -0.25) is 0 Å². The molecule has 0 saturated carbocycles. The Morgan fingerprint density at radius 2 is 2.11 bits per heavy atom. The molecule has 1 unspecified atom stereocenters. The van der Waals surface area contributed by atoms with E-state index in [1.165, 1.54) is 0 Å². The summed E-state index contributed by atoms with van der Waals surface area (Å²) in [5, 5.41) is 1.19. The number of hydrogen-bond donors (Lipinski definition) is 1. The minimum Gasteiger partial charge on any atom is -0.368 e. The smallest absolute Gasteiger partial charge is 0.131 e. The van der Waals surface area contributed by atoms with Crippen LogP contribution >= 0.6 is 34.9 Å². The molecule has 1 aromatic carbocycles. The van der Waals surface area contributed by atoms with Crippen molar-refractivity contribution in [3.8, 4) is 0 Å². The molecule has 3 rings (SSSR count). The van der Waals surface area contributed by atoms with Crippen LogP contribution in [0.2, 0.25) is 10.0 Å². The van der Waals surface area contributed by atoms with Gasteiger partial charge in [-0.15, -0.1) is 0 Å². The largest absolute Gasteiger partial charge is 0.368 e. The Kier molecular flexibility index (Phi) is 3.32. The number of anilines is 1. The summed E-state index contributed by atoms with van der Waals surface area (Å²) in [6.45, 7) is 2.58. The topological polar surface area (TPSA) is 55.0 Å². The van der Waals surface area contributed by atoms with E-state index < -0.39 is 0 Å². The van der Waals surface area contributed by atoms with Gasteiger partial charge in [0.05, 0.1) is 27.5 Å². The van der Waals surface area contributed by atoms with Gasteiger partial charge in [0.2, 0.25) is 0 Å². The lowest BCUT2D eigenvalue weighted by molar-refractivity contribution is 0.603. The second-order valence-corrected chi connectivity index (χ2v) is 5.83. The molecule has 1 aromatic heterocycles. The van der Waals surface area contributed by atoms with Gasteiger partial charge in [-0.2, -0.15) is 8.75 Å². The van der Waals surface area contributed by atoms with E-state index in [0.717, 1.165) is 48.0 Å². The van der Waals surface area contributed by atoms with Gasteiger partial charge in [-0.05, 0) is 24.9 Å². The third-order valence-corrected chi connectivity index (χ3v) is 4.46. The predicted molar refractivity (Wildman–Crippen MR) is 76.8 cm³/mol. The van der Waals surface area contributed by atoms with Crippen LogP contribution < -0.4 is 10.6 Å². The van der Waals surface area contributed by atoms with Crippen molar-refractivity contribution in [3.05, 3.63) is 16.1 Å². The van der Waals surface area contributed by atoms with Crippen LogP contribution in [0.15, 0.2) is 6.07 Å². The van der Waals surface area contributed by atoms with E-state index in [2.05, 4.69) is 13.6 Å². The van der Waals surface area contributed by atoms with Gasteiger partial charge in [0, 0.05) is 13.1 Å². The molecule has 2 N–H and O–H groups in total. The number of nitrogens with two attached hydrogens (primary N) is 1. The van der Waals surface area contributed by atoms with E-state index in [9.17, 15) is 0 Å². The third-order valence-electron chi connectivity index (χ3n) is 3.35. The zero-order valence-electron chi connectivity index (χ0n) is 9.57. The molecule has 0 bridgehead atoms. The molecule has 0 aliphatic carbocycles. The molecule has 1 aliphatic heterocycles. The Bertz CT molecular complexity index is 586. The summed E-state index contributed by atoms with van der Waals surface area (Å²) < 4.78 is 8.54. The molecule has 2 aromatic rings. The molecule has 1 saturated heterocycles. The van der Waals surface area contributed by atoms with Crippen LogP contribution in [0.5, 0.6) is 0 Å². The Labute approximate surface area is 119 Å². The summed E-state index contributed by atoms with van der Waals surface area (Å²) in [6.07, 6.45) is 1.09. The second-order valence-electron chi connectivity index (χ2n) is 4.49. The fourth-order valence-electron chi connectivity index (χ4n) is 2.39. The van der Waals surface area contributed by atoms with Crippen molar-refractivity contribution in [2.45, 2.75) is 6.42 Å². The zero-order valence-corrected chi connectivity index (χ0v) is 11.9. The minimum atomic E-state index is 0.526. The molecule has 2 heterocycles. The van der Waals surface area contributed by atoms with E-state index >= 15 is 0 Å². The van der Waals surface area contributed by atoms with Gasteiger partial charge < -0.3 is 10.6 Å². The molecule has 1 fully saturated rings. The highest BCUT2D eigenvalue weighted by molar-refractivity contribution is 7.00. The number of halogens is 2. The summed E-state index contributed by atoms with van der Waals surface area (Å²) in [4.78, 5) is 2.24. The molecule has 0 spiro atoms. The van der Waals surface area contributed by atoms with E-state index in [1.807, 2.05) is 0 Å². The van der Waals surface area contributed by atoms with Crippen molar-refractivity contribution in [2.24, 2.45) is 11.7 Å². The maximum Gasteiger partial charge on any atom is 0.131 e. The van der Waals surface area contributed by atoms with Crippen molar-refractivity contribution in [3.63, 3.8) is 0 Å². The Hall–Kier alpha value is -0.620. The first-order chi connectivity index (χ1) is 8.70. The van der Waals surface area contributed by atoms with Crippen LogP contribution in [0, 0.1) is 5.92 Å². The van der Waals surface area contributed by atoms with Gasteiger partial charge in [-0.1, -0.05) is 23.2 Å². The van der Waals surface area contributed by atoms with Crippen LogP contribution in [0.4, 0.5) is 5.69 Å². The highest BCUT2D eigenvalue weighted by Crippen LogP contribution is 2.39.